The van der Waals surface area contributed by atoms with Crippen molar-refractivity contribution in [3.63, 3.8) is 0 Å². The Labute approximate surface area is 81.7 Å². The van der Waals surface area contributed by atoms with E-state index in [4.69, 9.17) is 5.73 Å². The minimum Gasteiger partial charge on any atom is -0.382 e. The first-order chi connectivity index (χ1) is 6.24. The first kappa shape index (κ1) is 8.18. The number of hydrogen-bond acceptors (Lipinski definition) is 4. The van der Waals surface area contributed by atoms with Gasteiger partial charge in [-0.2, -0.15) is 5.10 Å². The van der Waals surface area contributed by atoms with Crippen LogP contribution >= 0.6 is 15.9 Å². The molecular weight excluding hydrogens is 236 g/mol. The fourth-order valence-corrected chi connectivity index (χ4v) is 1.66. The molecule has 6 heteroatoms. The number of halogens is 1. The van der Waals surface area contributed by atoms with Gasteiger partial charge in [0.1, 0.15) is 16.4 Å². The number of aldehydes is 1. The number of nitrogen functional groups attached to an aromatic ring is 1. The van der Waals surface area contributed by atoms with Crippen molar-refractivity contribution in [3.8, 4) is 0 Å². The molecule has 0 bridgehead atoms. The summed E-state index contributed by atoms with van der Waals surface area (Å²) >= 11 is 3.25. The predicted octanol–water partition coefficient (Wildman–Crippen LogP) is 0.886. The maximum Gasteiger partial charge on any atom is 0.152 e. The minimum absolute atomic E-state index is 0.294. The van der Waals surface area contributed by atoms with Gasteiger partial charge in [-0.1, -0.05) is 0 Å². The fraction of sp³-hybridized carbons (Fsp3) is 0. The van der Waals surface area contributed by atoms with Crippen LogP contribution in [0.1, 0.15) is 10.4 Å². The number of anilines is 1. The molecule has 0 aliphatic rings. The Bertz CT molecular complexity index is 479. The van der Waals surface area contributed by atoms with Crippen LogP contribution in [0.4, 0.5) is 5.82 Å². The summed E-state index contributed by atoms with van der Waals surface area (Å²) in [7, 11) is 0. The third kappa shape index (κ3) is 1.10. The molecule has 2 heterocycles. The van der Waals surface area contributed by atoms with Crippen molar-refractivity contribution in [2.45, 2.75) is 0 Å². The van der Waals surface area contributed by atoms with Crippen molar-refractivity contribution in [1.82, 2.24) is 14.6 Å². The lowest BCUT2D eigenvalue weighted by molar-refractivity contribution is 0.112. The number of hydrogen-bond donors (Lipinski definition) is 1. The molecule has 0 atom stereocenters. The first-order valence-electron chi connectivity index (χ1n) is 3.47. The van der Waals surface area contributed by atoms with Gasteiger partial charge in [0.25, 0.3) is 0 Å². The molecule has 0 spiro atoms. The van der Waals surface area contributed by atoms with Gasteiger partial charge in [0, 0.05) is 5.56 Å². The second-order valence-electron chi connectivity index (χ2n) is 2.45. The molecule has 0 unspecified atom stereocenters. The zero-order chi connectivity index (χ0) is 9.42. The monoisotopic (exact) mass is 240 g/mol. The molecule has 0 fully saturated rings. The van der Waals surface area contributed by atoms with Crippen LogP contribution in [0.5, 0.6) is 0 Å². The largest absolute Gasteiger partial charge is 0.382 e. The number of carbonyl (C=O) groups is 1. The van der Waals surface area contributed by atoms with E-state index in [-0.39, 0.29) is 0 Å². The summed E-state index contributed by atoms with van der Waals surface area (Å²) in [6.07, 6.45) is 2.06. The van der Waals surface area contributed by atoms with Crippen LogP contribution < -0.4 is 5.73 Å². The summed E-state index contributed by atoms with van der Waals surface area (Å²) in [5.41, 5.74) is 6.60. The highest BCUT2D eigenvalue weighted by molar-refractivity contribution is 9.10. The molecule has 2 N–H and O–H groups in total. The van der Waals surface area contributed by atoms with Crippen LogP contribution in [0.2, 0.25) is 0 Å². The van der Waals surface area contributed by atoms with E-state index in [0.29, 0.717) is 21.5 Å². The second kappa shape index (κ2) is 2.81. The maximum atomic E-state index is 10.6. The number of fused-ring (bicyclic) bond motifs is 1. The lowest BCUT2D eigenvalue weighted by Crippen LogP contribution is -1.99. The summed E-state index contributed by atoms with van der Waals surface area (Å²) in [5.74, 6) is 0.294. The fourth-order valence-electron chi connectivity index (χ4n) is 1.15. The van der Waals surface area contributed by atoms with Gasteiger partial charge in [0.15, 0.2) is 12.1 Å². The zero-order valence-electron chi connectivity index (χ0n) is 6.44. The Balaban J connectivity index is 2.96. The summed E-state index contributed by atoms with van der Waals surface area (Å²) in [5, 5.41) is 3.93. The molecular formula is C7H5BrN4O. The van der Waals surface area contributed by atoms with E-state index in [9.17, 15) is 4.79 Å². The van der Waals surface area contributed by atoms with E-state index in [2.05, 4.69) is 26.0 Å². The molecule has 0 aliphatic heterocycles. The van der Waals surface area contributed by atoms with Crippen molar-refractivity contribution < 1.29 is 4.79 Å². The van der Waals surface area contributed by atoms with E-state index >= 15 is 0 Å². The minimum atomic E-state index is 0.294. The van der Waals surface area contributed by atoms with Gasteiger partial charge >= 0.3 is 0 Å². The summed E-state index contributed by atoms with van der Waals surface area (Å²) in [4.78, 5) is 14.4. The van der Waals surface area contributed by atoms with E-state index < -0.39 is 0 Å². The lowest BCUT2D eigenvalue weighted by atomic mass is 10.3. The van der Waals surface area contributed by atoms with E-state index in [1.54, 1.807) is 6.07 Å². The maximum absolute atomic E-state index is 10.6. The van der Waals surface area contributed by atoms with Crippen LogP contribution in [0.3, 0.4) is 0 Å². The van der Waals surface area contributed by atoms with Crippen molar-refractivity contribution in [3.05, 3.63) is 22.6 Å². The number of rotatable bonds is 1. The summed E-state index contributed by atoms with van der Waals surface area (Å²) in [6.45, 7) is 0. The van der Waals surface area contributed by atoms with Gasteiger partial charge in [0.05, 0.1) is 0 Å². The Morgan fingerprint density at radius 3 is 3.08 bits per heavy atom. The van der Waals surface area contributed by atoms with Crippen LogP contribution in [-0.4, -0.2) is 20.9 Å². The second-order valence-corrected chi connectivity index (χ2v) is 3.26. The number of aromatic nitrogens is 3. The highest BCUT2D eigenvalue weighted by atomic mass is 79.9. The zero-order valence-corrected chi connectivity index (χ0v) is 8.02. The van der Waals surface area contributed by atoms with E-state index in [0.717, 1.165) is 6.29 Å². The standard InChI is InChI=1S/C7H5BrN4O/c8-5-1-4(2-13)6-7(9)10-3-11-12(5)6/h1-3H,(H2,9,10,11). The Kier molecular flexibility index (Phi) is 1.77. The average molecular weight is 241 g/mol. The van der Waals surface area contributed by atoms with Gasteiger partial charge in [0.2, 0.25) is 0 Å². The Hall–Kier alpha value is -1.43. The number of nitrogens with two attached hydrogens (primary N) is 1. The van der Waals surface area contributed by atoms with Crippen LogP contribution in [0, 0.1) is 0 Å². The molecule has 0 saturated heterocycles. The quantitative estimate of drug-likeness (QED) is 0.752. The Morgan fingerprint density at radius 1 is 1.62 bits per heavy atom. The normalized spacial score (nSPS) is 10.5. The molecule has 2 aromatic rings. The molecule has 2 rings (SSSR count). The molecule has 5 nitrogen and oxygen atoms in total. The SMILES string of the molecule is Nc1ncnn2c(Br)cc(C=O)c12. The van der Waals surface area contributed by atoms with Crippen LogP contribution in [0.15, 0.2) is 17.0 Å². The van der Waals surface area contributed by atoms with E-state index in [1.807, 2.05) is 0 Å². The highest BCUT2D eigenvalue weighted by Gasteiger charge is 2.10. The van der Waals surface area contributed by atoms with Gasteiger partial charge in [-0.15, -0.1) is 0 Å². The Morgan fingerprint density at radius 2 is 2.38 bits per heavy atom. The molecule has 0 aliphatic carbocycles. The van der Waals surface area contributed by atoms with Crippen molar-refractivity contribution in [1.29, 1.82) is 0 Å². The van der Waals surface area contributed by atoms with E-state index in [1.165, 1.54) is 10.8 Å². The van der Waals surface area contributed by atoms with Crippen LogP contribution in [-0.2, 0) is 0 Å². The lowest BCUT2D eigenvalue weighted by Gasteiger charge is -1.97. The van der Waals surface area contributed by atoms with Crippen molar-refractivity contribution in [2.24, 2.45) is 0 Å². The number of nitrogens with zero attached hydrogens (tertiary/aromatic N) is 3. The van der Waals surface area contributed by atoms with Crippen molar-refractivity contribution in [2.75, 3.05) is 5.73 Å². The summed E-state index contributed by atoms with van der Waals surface area (Å²) in [6, 6.07) is 1.65. The molecule has 0 saturated carbocycles. The third-order valence-corrected chi connectivity index (χ3v) is 2.26. The van der Waals surface area contributed by atoms with Gasteiger partial charge in [-0.3, -0.25) is 4.79 Å². The number of carbonyl (C=O) groups excluding carboxylic acids is 1. The average Bonchev–Trinajstić information content (AvgIpc) is 2.45. The predicted molar refractivity (Wildman–Crippen MR) is 50.5 cm³/mol. The smallest absolute Gasteiger partial charge is 0.152 e. The summed E-state index contributed by atoms with van der Waals surface area (Å²) < 4.78 is 2.20. The molecule has 0 amide bonds. The van der Waals surface area contributed by atoms with Gasteiger partial charge in [-0.25, -0.2) is 9.50 Å². The molecule has 66 valence electrons. The van der Waals surface area contributed by atoms with Crippen LogP contribution in [0.25, 0.3) is 5.52 Å². The molecule has 2 aromatic heterocycles. The van der Waals surface area contributed by atoms with Gasteiger partial charge in [-0.05, 0) is 22.0 Å². The van der Waals surface area contributed by atoms with Crippen molar-refractivity contribution >= 4 is 33.6 Å². The third-order valence-electron chi connectivity index (χ3n) is 1.70. The molecule has 0 radical (unpaired) electrons. The molecule has 13 heavy (non-hydrogen) atoms. The van der Waals surface area contributed by atoms with Gasteiger partial charge < -0.3 is 5.73 Å². The first-order valence-corrected chi connectivity index (χ1v) is 4.26. The molecule has 0 aromatic carbocycles. The topological polar surface area (TPSA) is 73.3 Å². The highest BCUT2D eigenvalue weighted by Crippen LogP contribution is 2.21.